The van der Waals surface area contributed by atoms with Crippen LogP contribution >= 0.6 is 0 Å². The Morgan fingerprint density at radius 2 is 1.44 bits per heavy atom. The lowest BCUT2D eigenvalue weighted by molar-refractivity contribution is -0.195. The largest absolute Gasteiger partial charge is 0.0993 e. The van der Waals surface area contributed by atoms with E-state index in [4.69, 9.17) is 0 Å². The second kappa shape index (κ2) is 2.76. The molecule has 0 aromatic heterocycles. The molecule has 3 unspecified atom stereocenters. The lowest BCUT2D eigenvalue weighted by Gasteiger charge is -2.71. The Morgan fingerprint density at radius 1 is 0.722 bits per heavy atom. The van der Waals surface area contributed by atoms with E-state index in [1.165, 1.54) is 38.5 Å². The van der Waals surface area contributed by atoms with Crippen LogP contribution in [0, 0.1) is 21.7 Å². The number of hydrogen-bond donors (Lipinski definition) is 0. The molecule has 0 N–H and O–H groups in total. The van der Waals surface area contributed by atoms with Crippen molar-refractivity contribution in [3.63, 3.8) is 0 Å². The van der Waals surface area contributed by atoms with Crippen LogP contribution in [0.15, 0.2) is 12.2 Å². The van der Waals surface area contributed by atoms with Crippen LogP contribution < -0.4 is 0 Å². The molecule has 5 saturated carbocycles. The average molecular weight is 242 g/mol. The van der Waals surface area contributed by atoms with Gasteiger partial charge in [-0.15, -0.1) is 0 Å². The van der Waals surface area contributed by atoms with Crippen LogP contribution in [0.2, 0.25) is 0 Å². The van der Waals surface area contributed by atoms with E-state index in [1.54, 1.807) is 44.1 Å². The van der Waals surface area contributed by atoms with Crippen molar-refractivity contribution in [2.75, 3.05) is 0 Å². The summed E-state index contributed by atoms with van der Waals surface area (Å²) in [5.41, 5.74) is 4.78. The molecule has 5 aliphatic carbocycles. The molecule has 0 aromatic rings. The van der Waals surface area contributed by atoms with Crippen molar-refractivity contribution in [3.05, 3.63) is 12.2 Å². The molecule has 0 heterocycles. The van der Waals surface area contributed by atoms with Crippen molar-refractivity contribution in [2.45, 2.75) is 77.0 Å². The highest BCUT2D eigenvalue weighted by atomic mass is 14.9. The van der Waals surface area contributed by atoms with Gasteiger partial charge in [0, 0.05) is 0 Å². The van der Waals surface area contributed by atoms with Gasteiger partial charge >= 0.3 is 0 Å². The van der Waals surface area contributed by atoms with Crippen LogP contribution in [-0.4, -0.2) is 0 Å². The van der Waals surface area contributed by atoms with Crippen LogP contribution in [0.4, 0.5) is 0 Å². The maximum absolute atomic E-state index is 4.52. The fraction of sp³-hybridized carbons (Fsp3) is 0.889. The van der Waals surface area contributed by atoms with Gasteiger partial charge in [-0.25, -0.2) is 0 Å². The first-order valence-electron chi connectivity index (χ1n) is 8.39. The molecule has 5 rings (SSSR count). The SMILES string of the molecule is C=C1CCCC12CCC21CCC12CC21CCCC1. The molecule has 4 spiro atoms. The van der Waals surface area contributed by atoms with Gasteiger partial charge in [0.15, 0.2) is 0 Å². The summed E-state index contributed by atoms with van der Waals surface area (Å²) >= 11 is 0. The molecule has 5 aliphatic rings. The minimum atomic E-state index is 0.650. The Hall–Kier alpha value is -0.260. The standard InChI is InChI=1S/C18H26/c1-14-5-4-8-16(14)9-10-17(16)11-12-18(17)13-15(18)6-2-3-7-15/h1-13H2. The summed E-state index contributed by atoms with van der Waals surface area (Å²) in [6.45, 7) is 4.52. The van der Waals surface area contributed by atoms with Gasteiger partial charge in [-0.3, -0.25) is 0 Å². The molecule has 18 heavy (non-hydrogen) atoms. The Kier molecular flexibility index (Phi) is 1.61. The normalized spacial score (nSPS) is 55.4. The summed E-state index contributed by atoms with van der Waals surface area (Å²) in [5, 5.41) is 0. The predicted molar refractivity (Wildman–Crippen MR) is 74.3 cm³/mol. The highest BCUT2D eigenvalue weighted by Crippen LogP contribution is 2.94. The summed E-state index contributed by atoms with van der Waals surface area (Å²) in [6, 6.07) is 0. The maximum Gasteiger partial charge on any atom is -0.00286 e. The van der Waals surface area contributed by atoms with E-state index in [-0.39, 0.29) is 0 Å². The van der Waals surface area contributed by atoms with Gasteiger partial charge in [0.2, 0.25) is 0 Å². The number of fused-ring (bicyclic) bond motifs is 3. The van der Waals surface area contributed by atoms with Crippen LogP contribution in [0.25, 0.3) is 0 Å². The van der Waals surface area contributed by atoms with Crippen molar-refractivity contribution in [2.24, 2.45) is 21.7 Å². The van der Waals surface area contributed by atoms with Crippen LogP contribution in [0.5, 0.6) is 0 Å². The number of rotatable bonds is 0. The van der Waals surface area contributed by atoms with Crippen LogP contribution in [0.3, 0.4) is 0 Å². The summed E-state index contributed by atoms with van der Waals surface area (Å²) in [7, 11) is 0. The van der Waals surface area contributed by atoms with Crippen LogP contribution in [0.1, 0.15) is 77.0 Å². The van der Waals surface area contributed by atoms with Crippen molar-refractivity contribution in [1.29, 1.82) is 0 Å². The van der Waals surface area contributed by atoms with Gasteiger partial charge in [-0.1, -0.05) is 25.0 Å². The molecule has 0 radical (unpaired) electrons. The van der Waals surface area contributed by atoms with Gasteiger partial charge < -0.3 is 0 Å². The van der Waals surface area contributed by atoms with E-state index < -0.39 is 0 Å². The van der Waals surface area contributed by atoms with Gasteiger partial charge in [0.1, 0.15) is 0 Å². The fourth-order valence-electron chi connectivity index (χ4n) is 7.69. The number of allylic oxidation sites excluding steroid dienone is 1. The summed E-state index contributed by atoms with van der Waals surface area (Å²) in [4.78, 5) is 0. The van der Waals surface area contributed by atoms with Crippen molar-refractivity contribution in [3.8, 4) is 0 Å². The van der Waals surface area contributed by atoms with E-state index in [0.717, 1.165) is 16.2 Å². The molecule has 0 saturated heterocycles. The Morgan fingerprint density at radius 3 is 1.94 bits per heavy atom. The molecule has 0 nitrogen and oxygen atoms in total. The third-order valence-electron chi connectivity index (χ3n) is 8.64. The zero-order chi connectivity index (χ0) is 12.1. The van der Waals surface area contributed by atoms with Crippen molar-refractivity contribution in [1.82, 2.24) is 0 Å². The molecular formula is C18H26. The van der Waals surface area contributed by atoms with Gasteiger partial charge in [-0.2, -0.15) is 0 Å². The Labute approximate surface area is 111 Å². The highest BCUT2D eigenvalue weighted by molar-refractivity contribution is 5.39. The minimum absolute atomic E-state index is 0.650. The first kappa shape index (κ1) is 10.5. The molecule has 0 amide bonds. The maximum atomic E-state index is 4.52. The minimum Gasteiger partial charge on any atom is -0.0993 e. The topological polar surface area (TPSA) is 0 Å². The second-order valence-corrected chi connectivity index (χ2v) is 8.37. The van der Waals surface area contributed by atoms with E-state index in [9.17, 15) is 0 Å². The molecule has 0 bridgehead atoms. The monoisotopic (exact) mass is 242 g/mol. The molecule has 3 atom stereocenters. The molecule has 0 heteroatoms. The first-order chi connectivity index (χ1) is 8.71. The van der Waals surface area contributed by atoms with E-state index in [0.29, 0.717) is 5.41 Å². The Bertz CT molecular complexity index is 437. The van der Waals surface area contributed by atoms with Gasteiger partial charge in [0.05, 0.1) is 0 Å². The number of hydrogen-bond acceptors (Lipinski definition) is 0. The van der Waals surface area contributed by atoms with E-state index in [1.807, 2.05) is 0 Å². The van der Waals surface area contributed by atoms with Gasteiger partial charge in [0.25, 0.3) is 0 Å². The smallest absolute Gasteiger partial charge is 0.00286 e. The summed E-state index contributed by atoms with van der Waals surface area (Å²) < 4.78 is 0. The van der Waals surface area contributed by atoms with Crippen LogP contribution in [-0.2, 0) is 0 Å². The predicted octanol–water partition coefficient (Wildman–Crippen LogP) is 5.24. The van der Waals surface area contributed by atoms with Crippen molar-refractivity contribution < 1.29 is 0 Å². The summed E-state index contributed by atoms with van der Waals surface area (Å²) in [5.74, 6) is 0. The molecular weight excluding hydrogens is 216 g/mol. The fourth-order valence-corrected chi connectivity index (χ4v) is 7.69. The zero-order valence-electron chi connectivity index (χ0n) is 11.7. The summed E-state index contributed by atoms with van der Waals surface area (Å²) in [6.07, 6.45) is 18.4. The van der Waals surface area contributed by atoms with E-state index in [2.05, 4.69) is 6.58 Å². The third kappa shape index (κ3) is 0.768. The lowest BCUT2D eigenvalue weighted by Crippen LogP contribution is -2.62. The molecule has 0 aromatic carbocycles. The van der Waals surface area contributed by atoms with E-state index >= 15 is 0 Å². The highest BCUT2D eigenvalue weighted by Gasteiger charge is 2.85. The first-order valence-corrected chi connectivity index (χ1v) is 8.39. The zero-order valence-corrected chi connectivity index (χ0v) is 11.7. The lowest BCUT2D eigenvalue weighted by atomic mass is 9.33. The second-order valence-electron chi connectivity index (χ2n) is 8.37. The average Bonchev–Trinajstić information content (AvgIpc) is 2.60. The molecule has 98 valence electrons. The quantitative estimate of drug-likeness (QED) is 0.510. The molecule has 0 aliphatic heterocycles. The Balaban J connectivity index is 1.56. The third-order valence-corrected chi connectivity index (χ3v) is 8.64. The van der Waals surface area contributed by atoms with Gasteiger partial charge in [-0.05, 0) is 85.9 Å². The van der Waals surface area contributed by atoms with Crippen molar-refractivity contribution >= 4 is 0 Å². The molecule has 5 fully saturated rings.